The SMILES string of the molecule is CC(=O)Nc1ccc(NC(=O)C(=Cc2ccc(OC(F)F)cc2)c2ccccc2)cc1. The fourth-order valence-electron chi connectivity index (χ4n) is 2.85. The van der Waals surface area contributed by atoms with E-state index in [2.05, 4.69) is 15.4 Å². The van der Waals surface area contributed by atoms with Gasteiger partial charge in [-0.25, -0.2) is 0 Å². The fourth-order valence-corrected chi connectivity index (χ4v) is 2.85. The summed E-state index contributed by atoms with van der Waals surface area (Å²) >= 11 is 0. The minimum atomic E-state index is -2.90. The van der Waals surface area contributed by atoms with Gasteiger partial charge in [0.2, 0.25) is 5.91 Å². The third-order valence-electron chi connectivity index (χ3n) is 4.21. The summed E-state index contributed by atoms with van der Waals surface area (Å²) in [5, 5.41) is 5.50. The summed E-state index contributed by atoms with van der Waals surface area (Å²) in [6.07, 6.45) is 1.67. The number of hydrogen-bond acceptors (Lipinski definition) is 3. The normalized spacial score (nSPS) is 11.2. The predicted octanol–water partition coefficient (Wildman–Crippen LogP) is 5.43. The molecule has 0 saturated carbocycles. The highest BCUT2D eigenvalue weighted by atomic mass is 19.3. The van der Waals surface area contributed by atoms with Crippen LogP contribution in [0.25, 0.3) is 11.6 Å². The first-order valence-corrected chi connectivity index (χ1v) is 9.42. The average molecular weight is 422 g/mol. The quantitative estimate of drug-likeness (QED) is 0.394. The van der Waals surface area contributed by atoms with E-state index in [1.54, 1.807) is 54.6 Å². The first-order valence-electron chi connectivity index (χ1n) is 9.42. The van der Waals surface area contributed by atoms with E-state index in [9.17, 15) is 18.4 Å². The van der Waals surface area contributed by atoms with E-state index in [4.69, 9.17) is 0 Å². The molecule has 0 unspecified atom stereocenters. The molecule has 0 heterocycles. The lowest BCUT2D eigenvalue weighted by molar-refractivity contribution is -0.114. The molecule has 0 saturated heterocycles. The average Bonchev–Trinajstić information content (AvgIpc) is 2.74. The summed E-state index contributed by atoms with van der Waals surface area (Å²) in [5.41, 5.74) is 2.92. The lowest BCUT2D eigenvalue weighted by Crippen LogP contribution is -2.14. The summed E-state index contributed by atoms with van der Waals surface area (Å²) in [6, 6.07) is 21.8. The summed E-state index contributed by atoms with van der Waals surface area (Å²) in [7, 11) is 0. The number of nitrogens with one attached hydrogen (secondary N) is 2. The zero-order valence-electron chi connectivity index (χ0n) is 16.6. The van der Waals surface area contributed by atoms with Gasteiger partial charge in [0.15, 0.2) is 0 Å². The highest BCUT2D eigenvalue weighted by Gasteiger charge is 2.13. The van der Waals surface area contributed by atoms with Crippen molar-refractivity contribution in [2.24, 2.45) is 0 Å². The number of alkyl halides is 2. The summed E-state index contributed by atoms with van der Waals surface area (Å²) < 4.78 is 29.0. The van der Waals surface area contributed by atoms with E-state index in [1.165, 1.54) is 19.1 Å². The van der Waals surface area contributed by atoms with Crippen LogP contribution in [0, 0.1) is 0 Å². The molecule has 5 nitrogen and oxygen atoms in total. The first-order chi connectivity index (χ1) is 14.9. The number of rotatable bonds is 7. The van der Waals surface area contributed by atoms with E-state index in [1.807, 2.05) is 18.2 Å². The minimum absolute atomic E-state index is 0.0390. The maximum Gasteiger partial charge on any atom is 0.387 e. The molecule has 3 aromatic carbocycles. The van der Waals surface area contributed by atoms with E-state index < -0.39 is 6.61 Å². The number of anilines is 2. The fraction of sp³-hybridized carbons (Fsp3) is 0.0833. The van der Waals surface area contributed by atoms with Crippen LogP contribution in [-0.2, 0) is 9.59 Å². The van der Waals surface area contributed by atoms with Crippen LogP contribution >= 0.6 is 0 Å². The Morgan fingerprint density at radius 1 is 0.839 bits per heavy atom. The molecule has 0 fully saturated rings. The predicted molar refractivity (Wildman–Crippen MR) is 117 cm³/mol. The number of benzene rings is 3. The van der Waals surface area contributed by atoms with Crippen molar-refractivity contribution in [2.45, 2.75) is 13.5 Å². The lowest BCUT2D eigenvalue weighted by atomic mass is 10.0. The number of hydrogen-bond donors (Lipinski definition) is 2. The van der Waals surface area contributed by atoms with E-state index >= 15 is 0 Å². The number of carbonyl (C=O) groups excluding carboxylic acids is 2. The van der Waals surface area contributed by atoms with Crippen LogP contribution in [0.15, 0.2) is 78.9 Å². The van der Waals surface area contributed by atoms with Crippen LogP contribution < -0.4 is 15.4 Å². The van der Waals surface area contributed by atoms with Crippen molar-refractivity contribution in [3.8, 4) is 5.75 Å². The van der Waals surface area contributed by atoms with Crippen LogP contribution in [0.3, 0.4) is 0 Å². The maximum absolute atomic E-state index is 13.0. The van der Waals surface area contributed by atoms with Gasteiger partial charge in [-0.3, -0.25) is 9.59 Å². The molecule has 0 atom stereocenters. The highest BCUT2D eigenvalue weighted by Crippen LogP contribution is 2.23. The maximum atomic E-state index is 13.0. The van der Waals surface area contributed by atoms with Crippen LogP contribution in [0.2, 0.25) is 0 Å². The molecular weight excluding hydrogens is 402 g/mol. The van der Waals surface area contributed by atoms with Crippen LogP contribution in [0.1, 0.15) is 18.1 Å². The monoisotopic (exact) mass is 422 g/mol. The summed E-state index contributed by atoms with van der Waals surface area (Å²) in [6.45, 7) is -1.48. The number of ether oxygens (including phenoxy) is 1. The van der Waals surface area contributed by atoms with E-state index in [-0.39, 0.29) is 17.6 Å². The van der Waals surface area contributed by atoms with Crippen molar-refractivity contribution >= 4 is 34.8 Å². The second-order valence-electron chi connectivity index (χ2n) is 6.58. The molecule has 2 N–H and O–H groups in total. The van der Waals surface area contributed by atoms with Gasteiger partial charge in [0.1, 0.15) is 5.75 Å². The van der Waals surface area contributed by atoms with Gasteiger partial charge in [0, 0.05) is 23.9 Å². The lowest BCUT2D eigenvalue weighted by Gasteiger charge is -2.11. The Balaban J connectivity index is 1.84. The topological polar surface area (TPSA) is 67.4 Å². The molecule has 0 aromatic heterocycles. The molecule has 0 bridgehead atoms. The minimum Gasteiger partial charge on any atom is -0.435 e. The van der Waals surface area contributed by atoms with Crippen LogP contribution in [-0.4, -0.2) is 18.4 Å². The second kappa shape index (κ2) is 10.2. The summed E-state index contributed by atoms with van der Waals surface area (Å²) in [4.78, 5) is 24.2. The smallest absolute Gasteiger partial charge is 0.387 e. The van der Waals surface area contributed by atoms with Crippen molar-refractivity contribution in [1.82, 2.24) is 0 Å². The van der Waals surface area contributed by atoms with Crippen LogP contribution in [0.5, 0.6) is 5.75 Å². The van der Waals surface area contributed by atoms with E-state index in [0.29, 0.717) is 28.1 Å². The van der Waals surface area contributed by atoms with Crippen molar-refractivity contribution in [1.29, 1.82) is 0 Å². The van der Waals surface area contributed by atoms with Crippen molar-refractivity contribution < 1.29 is 23.1 Å². The van der Waals surface area contributed by atoms with Gasteiger partial charge in [0.05, 0.1) is 0 Å². The highest BCUT2D eigenvalue weighted by molar-refractivity contribution is 6.29. The standard InChI is InChI=1S/C24H20F2N2O3/c1-16(29)27-19-9-11-20(12-10-19)28-23(30)22(18-5-3-2-4-6-18)15-17-7-13-21(14-8-17)31-24(25)26/h2-15,24H,1H3,(H,27,29)(H,28,30). The van der Waals surface area contributed by atoms with Gasteiger partial charge in [0.25, 0.3) is 5.91 Å². The zero-order valence-corrected chi connectivity index (χ0v) is 16.6. The Labute approximate surface area is 178 Å². The molecule has 0 aliphatic heterocycles. The Morgan fingerprint density at radius 3 is 1.97 bits per heavy atom. The van der Waals surface area contributed by atoms with Gasteiger partial charge >= 0.3 is 6.61 Å². The number of carbonyl (C=O) groups is 2. The first kappa shape index (κ1) is 21.7. The Bertz CT molecular complexity index is 1060. The third-order valence-corrected chi connectivity index (χ3v) is 4.21. The van der Waals surface area contributed by atoms with E-state index in [0.717, 1.165) is 0 Å². The molecule has 158 valence electrons. The summed E-state index contributed by atoms with van der Waals surface area (Å²) in [5.74, 6) is -0.487. The van der Waals surface area contributed by atoms with Crippen molar-refractivity contribution in [3.63, 3.8) is 0 Å². The molecule has 0 spiro atoms. The Morgan fingerprint density at radius 2 is 1.42 bits per heavy atom. The molecule has 0 radical (unpaired) electrons. The molecule has 0 aliphatic rings. The molecule has 2 amide bonds. The molecular formula is C24H20F2N2O3. The van der Waals surface area contributed by atoms with Gasteiger partial charge < -0.3 is 15.4 Å². The molecule has 3 aromatic rings. The van der Waals surface area contributed by atoms with Gasteiger partial charge in [-0.2, -0.15) is 8.78 Å². The Kier molecular flexibility index (Phi) is 7.11. The third kappa shape index (κ3) is 6.50. The molecule has 3 rings (SSSR count). The largest absolute Gasteiger partial charge is 0.435 e. The van der Waals surface area contributed by atoms with Crippen molar-refractivity contribution in [2.75, 3.05) is 10.6 Å². The molecule has 0 aliphatic carbocycles. The molecule has 7 heteroatoms. The Hall–Kier alpha value is -4.00. The van der Waals surface area contributed by atoms with Crippen LogP contribution in [0.4, 0.5) is 20.2 Å². The number of halogens is 2. The van der Waals surface area contributed by atoms with Gasteiger partial charge in [-0.15, -0.1) is 0 Å². The molecule has 31 heavy (non-hydrogen) atoms. The second-order valence-corrected chi connectivity index (χ2v) is 6.58. The zero-order chi connectivity index (χ0) is 22.2. The van der Waals surface area contributed by atoms with Gasteiger partial charge in [-0.05, 0) is 53.6 Å². The van der Waals surface area contributed by atoms with Crippen molar-refractivity contribution in [3.05, 3.63) is 90.0 Å². The van der Waals surface area contributed by atoms with Gasteiger partial charge in [-0.1, -0.05) is 42.5 Å². The number of amides is 2.